The Morgan fingerprint density at radius 3 is 2.50 bits per heavy atom. The summed E-state index contributed by atoms with van der Waals surface area (Å²) in [6.07, 6.45) is 4.16. The first-order valence-electron chi connectivity index (χ1n) is 8.83. The fourth-order valence-electron chi connectivity index (χ4n) is 3.80. The van der Waals surface area contributed by atoms with Crippen molar-refractivity contribution < 1.29 is 27.9 Å². The van der Waals surface area contributed by atoms with Crippen molar-refractivity contribution in [1.29, 1.82) is 0 Å². The molecule has 1 aliphatic carbocycles. The number of sulfone groups is 1. The lowest BCUT2D eigenvalue weighted by atomic mass is 10.1. The Labute approximate surface area is 152 Å². The summed E-state index contributed by atoms with van der Waals surface area (Å²) in [5, 5.41) is 9.42. The van der Waals surface area contributed by atoms with Crippen LogP contribution in [0.25, 0.3) is 0 Å². The molecule has 7 nitrogen and oxygen atoms in total. The molecule has 142 valence electrons. The third-order valence-electron chi connectivity index (χ3n) is 5.02. The number of carbonyl (C=O) groups excluding carboxylic acids is 2. The predicted molar refractivity (Wildman–Crippen MR) is 94.6 cm³/mol. The van der Waals surface area contributed by atoms with Crippen molar-refractivity contribution in [2.24, 2.45) is 0 Å². The Hall–Kier alpha value is -2.09. The average Bonchev–Trinajstić information content (AvgIpc) is 3.23. The molecule has 0 unspecified atom stereocenters. The summed E-state index contributed by atoms with van der Waals surface area (Å²) in [4.78, 5) is 26.5. The average molecular weight is 381 g/mol. The van der Waals surface area contributed by atoms with Gasteiger partial charge in [-0.25, -0.2) is 13.2 Å². The van der Waals surface area contributed by atoms with Gasteiger partial charge in [-0.1, -0.05) is 18.9 Å². The lowest BCUT2D eigenvalue weighted by molar-refractivity contribution is -0.139. The Kier molecular flexibility index (Phi) is 5.50. The molecular weight excluding hydrogens is 358 g/mol. The summed E-state index contributed by atoms with van der Waals surface area (Å²) in [5.41, 5.74) is 0.161. The molecule has 1 aromatic rings. The van der Waals surface area contributed by atoms with Gasteiger partial charge in [0.05, 0.1) is 17.1 Å². The second kappa shape index (κ2) is 7.65. The largest absolute Gasteiger partial charge is 0.508 e. The highest BCUT2D eigenvalue weighted by Crippen LogP contribution is 2.29. The first kappa shape index (κ1) is 18.7. The van der Waals surface area contributed by atoms with Crippen molar-refractivity contribution in [2.75, 3.05) is 18.1 Å². The molecule has 1 saturated carbocycles. The number of phenols is 1. The number of nitrogens with zero attached hydrogens (tertiary/aromatic N) is 1. The zero-order valence-electron chi connectivity index (χ0n) is 14.5. The van der Waals surface area contributed by atoms with Crippen molar-refractivity contribution in [2.45, 2.75) is 44.2 Å². The molecule has 0 spiro atoms. The van der Waals surface area contributed by atoms with Crippen LogP contribution in [0.1, 0.15) is 42.5 Å². The van der Waals surface area contributed by atoms with E-state index in [0.29, 0.717) is 6.42 Å². The molecule has 1 saturated heterocycles. The van der Waals surface area contributed by atoms with E-state index in [-0.39, 0.29) is 40.8 Å². The molecule has 0 bridgehead atoms. The minimum absolute atomic E-state index is 0.0141. The van der Waals surface area contributed by atoms with E-state index in [1.807, 2.05) is 0 Å². The molecule has 3 rings (SSSR count). The van der Waals surface area contributed by atoms with E-state index in [2.05, 4.69) is 0 Å². The number of carbonyl (C=O) groups is 2. The number of esters is 1. The van der Waals surface area contributed by atoms with Crippen LogP contribution in [0.3, 0.4) is 0 Å². The van der Waals surface area contributed by atoms with E-state index < -0.39 is 22.4 Å². The van der Waals surface area contributed by atoms with Crippen LogP contribution in [0.4, 0.5) is 0 Å². The third kappa shape index (κ3) is 4.35. The summed E-state index contributed by atoms with van der Waals surface area (Å²) in [7, 11) is -3.11. The van der Waals surface area contributed by atoms with Gasteiger partial charge in [0.15, 0.2) is 16.4 Å². The lowest BCUT2D eigenvalue weighted by Crippen LogP contribution is -2.48. The molecule has 1 atom stereocenters. The van der Waals surface area contributed by atoms with Crippen LogP contribution in [0.15, 0.2) is 24.3 Å². The molecule has 0 aromatic heterocycles. The highest BCUT2D eigenvalue weighted by Gasteiger charge is 2.39. The summed E-state index contributed by atoms with van der Waals surface area (Å²) in [6, 6.07) is 5.39. The van der Waals surface area contributed by atoms with Crippen LogP contribution in [-0.4, -0.2) is 60.5 Å². The Morgan fingerprint density at radius 1 is 1.15 bits per heavy atom. The highest BCUT2D eigenvalue weighted by molar-refractivity contribution is 7.91. The van der Waals surface area contributed by atoms with Gasteiger partial charge < -0.3 is 14.7 Å². The first-order chi connectivity index (χ1) is 12.4. The van der Waals surface area contributed by atoms with Crippen molar-refractivity contribution in [1.82, 2.24) is 4.90 Å². The van der Waals surface area contributed by atoms with Gasteiger partial charge in [-0.05, 0) is 37.5 Å². The fraction of sp³-hybridized carbons (Fsp3) is 0.556. The Balaban J connectivity index is 1.66. The van der Waals surface area contributed by atoms with Gasteiger partial charge in [0.25, 0.3) is 5.91 Å². The van der Waals surface area contributed by atoms with Crippen molar-refractivity contribution in [3.8, 4) is 5.75 Å². The Bertz CT molecular complexity index is 785. The van der Waals surface area contributed by atoms with Gasteiger partial charge in [0.2, 0.25) is 0 Å². The van der Waals surface area contributed by atoms with Gasteiger partial charge in [0.1, 0.15) is 5.75 Å². The van der Waals surface area contributed by atoms with Crippen molar-refractivity contribution >= 4 is 21.7 Å². The first-order valence-corrected chi connectivity index (χ1v) is 10.7. The van der Waals surface area contributed by atoms with Crippen LogP contribution in [0.5, 0.6) is 5.75 Å². The summed E-state index contributed by atoms with van der Waals surface area (Å²) in [6.45, 7) is -0.429. The standard InChI is InChI=1S/C18H23NO6S/c20-16-7-3-4-13(10-16)18(22)25-11-17(21)19(14-5-1-2-6-14)15-8-9-26(23,24)12-15/h3-4,7,10,14-15,20H,1-2,5-6,8-9,11-12H2/t15-/m0/s1. The molecule has 1 amide bonds. The van der Waals surface area contributed by atoms with Crippen LogP contribution < -0.4 is 0 Å². The van der Waals surface area contributed by atoms with Gasteiger partial charge in [-0.2, -0.15) is 0 Å². The Morgan fingerprint density at radius 2 is 1.88 bits per heavy atom. The highest BCUT2D eigenvalue weighted by atomic mass is 32.2. The number of aromatic hydroxyl groups is 1. The molecule has 1 N–H and O–H groups in total. The van der Waals surface area contributed by atoms with E-state index in [1.165, 1.54) is 24.3 Å². The molecule has 1 aromatic carbocycles. The predicted octanol–water partition coefficient (Wildman–Crippen LogP) is 1.51. The van der Waals surface area contributed by atoms with Gasteiger partial charge in [-0.15, -0.1) is 0 Å². The number of benzene rings is 1. The monoisotopic (exact) mass is 381 g/mol. The number of hydrogen-bond donors (Lipinski definition) is 1. The van der Waals surface area contributed by atoms with E-state index >= 15 is 0 Å². The molecule has 8 heteroatoms. The second-order valence-electron chi connectivity index (χ2n) is 6.92. The SMILES string of the molecule is O=C(OCC(=O)N(C1CCCC1)[C@H]1CCS(=O)(=O)C1)c1cccc(O)c1. The van der Waals surface area contributed by atoms with Crippen molar-refractivity contribution in [3.63, 3.8) is 0 Å². The van der Waals surface area contributed by atoms with Gasteiger partial charge in [0, 0.05) is 12.1 Å². The molecule has 26 heavy (non-hydrogen) atoms. The van der Waals surface area contributed by atoms with E-state index in [0.717, 1.165) is 25.7 Å². The van der Waals surface area contributed by atoms with Crippen molar-refractivity contribution in [3.05, 3.63) is 29.8 Å². The maximum atomic E-state index is 12.7. The van der Waals surface area contributed by atoms with E-state index in [1.54, 1.807) is 4.90 Å². The zero-order valence-corrected chi connectivity index (χ0v) is 15.3. The van der Waals surface area contributed by atoms with Gasteiger partial charge >= 0.3 is 5.97 Å². The molecule has 2 aliphatic rings. The van der Waals surface area contributed by atoms with Crippen LogP contribution in [0.2, 0.25) is 0 Å². The third-order valence-corrected chi connectivity index (χ3v) is 6.77. The van der Waals surface area contributed by atoms with Gasteiger partial charge in [-0.3, -0.25) is 4.79 Å². The quantitative estimate of drug-likeness (QED) is 0.776. The molecular formula is C18H23NO6S. The molecule has 2 fully saturated rings. The zero-order chi connectivity index (χ0) is 18.7. The smallest absolute Gasteiger partial charge is 0.338 e. The minimum Gasteiger partial charge on any atom is -0.508 e. The van der Waals surface area contributed by atoms with E-state index in [4.69, 9.17) is 4.74 Å². The number of amides is 1. The summed E-state index contributed by atoms with van der Waals surface area (Å²) in [5.74, 6) is -1.03. The maximum Gasteiger partial charge on any atom is 0.338 e. The maximum absolute atomic E-state index is 12.7. The number of rotatable bonds is 5. The molecule has 0 radical (unpaired) electrons. The summed E-state index contributed by atoms with van der Waals surface area (Å²) >= 11 is 0. The number of hydrogen-bond acceptors (Lipinski definition) is 6. The second-order valence-corrected chi connectivity index (χ2v) is 9.15. The van der Waals surface area contributed by atoms with Crippen LogP contribution in [-0.2, 0) is 19.4 Å². The normalized spacial score (nSPS) is 22.2. The number of phenolic OH excluding ortho intramolecular Hbond substituents is 1. The minimum atomic E-state index is -3.11. The fourth-order valence-corrected chi connectivity index (χ4v) is 5.51. The summed E-state index contributed by atoms with van der Waals surface area (Å²) < 4.78 is 28.7. The number of ether oxygens (including phenoxy) is 1. The molecule has 1 heterocycles. The lowest BCUT2D eigenvalue weighted by Gasteiger charge is -2.33. The molecule has 1 aliphatic heterocycles. The van der Waals surface area contributed by atoms with Crippen LogP contribution >= 0.6 is 0 Å². The topological polar surface area (TPSA) is 101 Å². The van der Waals surface area contributed by atoms with Crippen LogP contribution in [0, 0.1) is 0 Å². The van der Waals surface area contributed by atoms with E-state index in [9.17, 15) is 23.1 Å².